The van der Waals surface area contributed by atoms with Crippen molar-refractivity contribution >= 4 is 151 Å². The average Bonchev–Trinajstić information content (AvgIpc) is 1.54. The van der Waals surface area contributed by atoms with Gasteiger partial charge in [0.05, 0.1) is 0 Å². The zero-order valence-corrected chi connectivity index (χ0v) is 60.4. The van der Waals surface area contributed by atoms with Gasteiger partial charge in [0.1, 0.15) is 0 Å². The molecular weight excluding hydrogens is 1270 g/mol. The lowest BCUT2D eigenvalue weighted by molar-refractivity contribution is 1.49. The van der Waals surface area contributed by atoms with E-state index in [1.165, 1.54) is 177 Å². The summed E-state index contributed by atoms with van der Waals surface area (Å²) in [6.07, 6.45) is 0. The maximum atomic E-state index is 2.53. The summed E-state index contributed by atoms with van der Waals surface area (Å²) in [7, 11) is -7.46. The Labute approximate surface area is 599 Å². The first-order valence-electron chi connectivity index (χ1n) is 35.9. The Bertz CT molecular complexity index is 6240. The molecule has 3 heterocycles. The third kappa shape index (κ3) is 9.32. The van der Waals surface area contributed by atoms with Crippen LogP contribution in [0.2, 0.25) is 0 Å². The molecule has 102 heavy (non-hydrogen) atoms. The first kappa shape index (κ1) is 61.3. The molecule has 480 valence electrons. The van der Waals surface area contributed by atoms with Crippen molar-refractivity contribution in [2.45, 2.75) is 20.8 Å². The van der Waals surface area contributed by atoms with Crippen LogP contribution in [0.25, 0.3) is 98.0 Å². The molecule has 0 spiro atoms. The number of rotatable bonds is 6. The van der Waals surface area contributed by atoms with Gasteiger partial charge in [-0.3, -0.25) is 0 Å². The van der Waals surface area contributed by atoms with E-state index < -0.39 is 24.2 Å². The molecule has 0 aromatic heterocycles. The fraction of sp³-hybridized carbons (Fsp3) is 0.0303. The van der Waals surface area contributed by atoms with E-state index in [4.69, 9.17) is 0 Å². The molecule has 3 aliphatic rings. The SMILES string of the molecule is Cc1ccc([Si]2(c3ccccc3)c3cc4ccccc4cc3-c3c2ccc2ccccc32)cc1.Cc1cccc([Si]2(c3ccccc3)c3cc4ccccc4cc3-c3c2ccc2ccccc32)c1.Cc1cccc2cc3c(cc12)[Si](c1ccccc1)(c1ccccc1)c1ccc2ccccc2c1-3. The lowest BCUT2D eigenvalue weighted by Crippen LogP contribution is -2.72. The monoisotopic (exact) mass is 1340 g/mol. The molecule has 0 saturated heterocycles. The van der Waals surface area contributed by atoms with Crippen molar-refractivity contribution < 1.29 is 0 Å². The highest BCUT2D eigenvalue weighted by atomic mass is 28.3. The Morgan fingerprint density at radius 1 is 0.167 bits per heavy atom. The Hall–Kier alpha value is -11.8. The van der Waals surface area contributed by atoms with Gasteiger partial charge in [0.15, 0.2) is 24.2 Å². The lowest BCUT2D eigenvalue weighted by atomic mass is 9.95. The number of hydrogen-bond donors (Lipinski definition) is 0. The van der Waals surface area contributed by atoms with E-state index in [1.807, 2.05) is 0 Å². The number of fused-ring (bicyclic) bond motifs is 18. The third-order valence-corrected chi connectivity index (χ3v) is 37.3. The normalized spacial score (nSPS) is 15.6. The van der Waals surface area contributed by atoms with Gasteiger partial charge in [-0.15, -0.1) is 0 Å². The van der Waals surface area contributed by atoms with Crippen LogP contribution >= 0.6 is 0 Å². The van der Waals surface area contributed by atoms with Crippen LogP contribution in [-0.2, 0) is 0 Å². The lowest BCUT2D eigenvalue weighted by Gasteiger charge is -2.31. The summed E-state index contributed by atoms with van der Waals surface area (Å²) >= 11 is 0. The summed E-state index contributed by atoms with van der Waals surface area (Å²) < 4.78 is 0. The van der Waals surface area contributed by atoms with Gasteiger partial charge in [0.2, 0.25) is 0 Å². The van der Waals surface area contributed by atoms with Crippen molar-refractivity contribution in [2.75, 3.05) is 0 Å². The molecule has 18 aromatic rings. The standard InChI is InChI=1S/3C33H24Si/c1-23-11-10-13-25-21-30-32(22-29(23)25)34(26-14-4-2-5-15-26,27-16-6-3-7-17-27)31-20-19-24-12-8-9-18-28(24)33(30)31;1-23-10-9-16-28(20-23)34(27-14-3-2-4-15-27)31-19-18-24-11-7-8-17-29(24)33(31)30-21-25-12-5-6-13-26(25)22-32(30)34;1-23-15-18-28(19-16-23)34(27-12-3-2-4-13-27)31-20-17-24-9-7-8-14-29(24)33(31)30-21-25-10-5-6-11-26(25)22-32(30)34/h3*2-22H,1H3. The van der Waals surface area contributed by atoms with Crippen LogP contribution in [0.3, 0.4) is 0 Å². The largest absolute Gasteiger partial charge is 0.180 e. The van der Waals surface area contributed by atoms with Gasteiger partial charge in [-0.2, -0.15) is 0 Å². The number of benzene rings is 18. The van der Waals surface area contributed by atoms with Crippen molar-refractivity contribution in [3.63, 3.8) is 0 Å². The molecule has 3 aliphatic heterocycles. The van der Waals surface area contributed by atoms with Crippen LogP contribution in [0, 0.1) is 20.8 Å². The average molecular weight is 1350 g/mol. The second-order valence-electron chi connectivity index (χ2n) is 28.3. The quantitative estimate of drug-likeness (QED) is 0.146. The molecule has 2 unspecified atom stereocenters. The van der Waals surface area contributed by atoms with E-state index in [0.717, 1.165) is 0 Å². The number of hydrogen-bond acceptors (Lipinski definition) is 0. The zero-order valence-electron chi connectivity index (χ0n) is 57.4. The number of aryl methyl sites for hydroxylation is 3. The van der Waals surface area contributed by atoms with Crippen LogP contribution in [0.4, 0.5) is 0 Å². The van der Waals surface area contributed by atoms with Crippen LogP contribution in [0.5, 0.6) is 0 Å². The van der Waals surface area contributed by atoms with Crippen LogP contribution in [0.1, 0.15) is 16.7 Å². The fourth-order valence-corrected chi connectivity index (χ4v) is 34.0. The molecule has 0 radical (unpaired) electrons. The maximum Gasteiger partial charge on any atom is 0.180 e. The second kappa shape index (κ2) is 24.5. The van der Waals surface area contributed by atoms with Crippen molar-refractivity contribution in [3.05, 3.63) is 399 Å². The summed E-state index contributed by atoms with van der Waals surface area (Å²) in [4.78, 5) is 0. The van der Waals surface area contributed by atoms with Gasteiger partial charge in [-0.25, -0.2) is 0 Å². The maximum absolute atomic E-state index is 2.53. The summed E-state index contributed by atoms with van der Waals surface area (Å²) in [5.74, 6) is 0. The Kier molecular flexibility index (Phi) is 14.7. The fourth-order valence-electron chi connectivity index (χ4n) is 18.4. The minimum atomic E-state index is -2.49. The molecule has 3 heteroatoms. The molecule has 21 rings (SSSR count). The van der Waals surface area contributed by atoms with Gasteiger partial charge in [-0.05, 0) is 205 Å². The first-order valence-corrected chi connectivity index (χ1v) is 41.9. The highest BCUT2D eigenvalue weighted by molar-refractivity contribution is 7.24. The Balaban J connectivity index is 0.000000106. The summed E-state index contributed by atoms with van der Waals surface area (Å²) in [6.45, 7) is 6.63. The summed E-state index contributed by atoms with van der Waals surface area (Å²) in [5.41, 5.74) is 12.5. The molecule has 0 saturated carbocycles. The molecule has 18 aromatic carbocycles. The summed E-state index contributed by atoms with van der Waals surface area (Å²) in [5, 5.41) is 33.7. The molecular formula is C99H72Si3. The topological polar surface area (TPSA) is 0 Å². The van der Waals surface area contributed by atoms with E-state index in [9.17, 15) is 0 Å². The van der Waals surface area contributed by atoms with Gasteiger partial charge in [0, 0.05) is 0 Å². The van der Waals surface area contributed by atoms with Crippen LogP contribution < -0.4 is 62.2 Å². The van der Waals surface area contributed by atoms with Crippen molar-refractivity contribution in [1.82, 2.24) is 0 Å². The van der Waals surface area contributed by atoms with E-state index in [-0.39, 0.29) is 0 Å². The van der Waals surface area contributed by atoms with Crippen LogP contribution in [-0.4, -0.2) is 24.2 Å². The minimum absolute atomic E-state index is 1.30. The molecule has 0 amide bonds. The minimum Gasteiger partial charge on any atom is -0.0623 e. The Morgan fingerprint density at radius 3 is 0.873 bits per heavy atom. The van der Waals surface area contributed by atoms with E-state index in [2.05, 4.69) is 403 Å². The van der Waals surface area contributed by atoms with Gasteiger partial charge in [-0.1, -0.05) is 375 Å². The molecule has 0 bridgehead atoms. The molecule has 0 N–H and O–H groups in total. The smallest absolute Gasteiger partial charge is 0.0623 e. The van der Waals surface area contributed by atoms with Gasteiger partial charge in [0.25, 0.3) is 0 Å². The van der Waals surface area contributed by atoms with E-state index in [1.54, 1.807) is 0 Å². The van der Waals surface area contributed by atoms with E-state index >= 15 is 0 Å². The first-order chi connectivity index (χ1) is 50.3. The Morgan fingerprint density at radius 2 is 0.471 bits per heavy atom. The third-order valence-electron chi connectivity index (χ3n) is 22.8. The highest BCUT2D eigenvalue weighted by Gasteiger charge is 2.52. The van der Waals surface area contributed by atoms with Gasteiger partial charge < -0.3 is 0 Å². The molecule has 0 aliphatic carbocycles. The van der Waals surface area contributed by atoms with E-state index in [0.29, 0.717) is 0 Å². The van der Waals surface area contributed by atoms with Crippen LogP contribution in [0.15, 0.2) is 382 Å². The van der Waals surface area contributed by atoms with Crippen molar-refractivity contribution in [1.29, 1.82) is 0 Å². The van der Waals surface area contributed by atoms with Crippen molar-refractivity contribution in [3.8, 4) is 33.4 Å². The molecule has 0 nitrogen and oxygen atoms in total. The second-order valence-corrected chi connectivity index (χ2v) is 39.5. The molecule has 0 fully saturated rings. The van der Waals surface area contributed by atoms with Crippen molar-refractivity contribution in [2.24, 2.45) is 0 Å². The summed E-state index contributed by atoms with van der Waals surface area (Å²) in [6, 6.07) is 144. The van der Waals surface area contributed by atoms with Gasteiger partial charge >= 0.3 is 0 Å². The zero-order chi connectivity index (χ0) is 68.1. The predicted molar refractivity (Wildman–Crippen MR) is 446 cm³/mol. The highest BCUT2D eigenvalue weighted by Crippen LogP contribution is 2.41. The predicted octanol–water partition coefficient (Wildman–Crippen LogP) is 17.0. The molecule has 2 atom stereocenters.